The Morgan fingerprint density at radius 2 is 2.00 bits per heavy atom. The van der Waals surface area contributed by atoms with E-state index in [1.807, 2.05) is 0 Å². The Kier molecular flexibility index (Phi) is 7.02. The molecule has 5 rings (SSSR count). The van der Waals surface area contributed by atoms with Gasteiger partial charge in [0.25, 0.3) is 0 Å². The molecule has 7 nitrogen and oxygen atoms in total. The minimum atomic E-state index is -1.29. The second-order valence-electron chi connectivity index (χ2n) is 8.32. The van der Waals surface area contributed by atoms with Crippen molar-refractivity contribution in [2.75, 3.05) is 6.61 Å². The second-order valence-corrected chi connectivity index (χ2v) is 10.2. The van der Waals surface area contributed by atoms with E-state index in [0.717, 1.165) is 48.1 Å². The van der Waals surface area contributed by atoms with Gasteiger partial charge in [0, 0.05) is 36.0 Å². The summed E-state index contributed by atoms with van der Waals surface area (Å²) >= 11 is 13.9. The molecule has 35 heavy (non-hydrogen) atoms. The van der Waals surface area contributed by atoms with Crippen molar-refractivity contribution in [2.45, 2.75) is 44.6 Å². The average Bonchev–Trinajstić information content (AvgIpc) is 3.45. The molecule has 1 aliphatic carbocycles. The van der Waals surface area contributed by atoms with E-state index in [0.29, 0.717) is 57.1 Å². The SMILES string of the molecule is O=C(O)c1c(F)ccc2nc(CCCCOCc3c(-c4c(Cl)cncc4Cl)noc3C3CC3)sc12. The number of aryl methyl sites for hydroxylation is 1. The number of carbonyl (C=O) groups is 1. The van der Waals surface area contributed by atoms with E-state index in [1.54, 1.807) is 0 Å². The fourth-order valence-corrected chi connectivity index (χ4v) is 5.61. The molecule has 1 saturated carbocycles. The predicted octanol–water partition coefficient (Wildman–Crippen LogP) is 6.91. The Balaban J connectivity index is 1.20. The van der Waals surface area contributed by atoms with Crippen molar-refractivity contribution in [1.29, 1.82) is 0 Å². The quantitative estimate of drug-likeness (QED) is 0.220. The Morgan fingerprint density at radius 1 is 1.23 bits per heavy atom. The number of hydrogen-bond donors (Lipinski definition) is 1. The lowest BCUT2D eigenvalue weighted by Gasteiger charge is -2.08. The Bertz CT molecular complexity index is 1380. The highest BCUT2D eigenvalue weighted by Crippen LogP contribution is 2.45. The molecule has 3 heterocycles. The number of rotatable bonds is 10. The van der Waals surface area contributed by atoms with Crippen LogP contribution in [0.5, 0.6) is 0 Å². The summed E-state index contributed by atoms with van der Waals surface area (Å²) in [5.41, 5.74) is 2.21. The van der Waals surface area contributed by atoms with Crippen LogP contribution in [0.4, 0.5) is 4.39 Å². The van der Waals surface area contributed by atoms with Gasteiger partial charge in [0.2, 0.25) is 0 Å². The topological polar surface area (TPSA) is 98.3 Å². The Morgan fingerprint density at radius 3 is 2.71 bits per heavy atom. The highest BCUT2D eigenvalue weighted by atomic mass is 35.5. The fourth-order valence-electron chi connectivity index (χ4n) is 3.94. The normalized spacial score (nSPS) is 13.6. The number of nitrogens with zero attached hydrogens (tertiary/aromatic N) is 3. The molecule has 1 aliphatic rings. The number of fused-ring (bicyclic) bond motifs is 1. The number of ether oxygens (including phenoxy) is 1. The molecule has 1 fully saturated rings. The lowest BCUT2D eigenvalue weighted by molar-refractivity contribution is 0.0694. The van der Waals surface area contributed by atoms with E-state index in [4.69, 9.17) is 32.5 Å². The molecular formula is C24H20Cl2FN3O4S. The van der Waals surface area contributed by atoms with E-state index in [9.17, 15) is 14.3 Å². The first kappa shape index (κ1) is 24.1. The van der Waals surface area contributed by atoms with Crippen LogP contribution in [0.1, 0.15) is 58.3 Å². The van der Waals surface area contributed by atoms with Gasteiger partial charge in [-0.3, -0.25) is 4.98 Å². The number of pyridine rings is 1. The number of carboxylic acid groups (broad SMARTS) is 1. The smallest absolute Gasteiger partial charge is 0.340 e. The van der Waals surface area contributed by atoms with E-state index in [2.05, 4.69) is 15.1 Å². The molecule has 0 amide bonds. The molecule has 11 heteroatoms. The zero-order valence-corrected chi connectivity index (χ0v) is 20.7. The first-order valence-electron chi connectivity index (χ1n) is 11.1. The third-order valence-corrected chi connectivity index (χ3v) is 7.52. The number of halogens is 3. The molecule has 0 aliphatic heterocycles. The zero-order valence-electron chi connectivity index (χ0n) is 18.4. The van der Waals surface area contributed by atoms with Gasteiger partial charge in [-0.2, -0.15) is 0 Å². The number of hydrogen-bond acceptors (Lipinski definition) is 7. The van der Waals surface area contributed by atoms with Crippen molar-refractivity contribution in [3.63, 3.8) is 0 Å². The summed E-state index contributed by atoms with van der Waals surface area (Å²) in [6, 6.07) is 2.65. The van der Waals surface area contributed by atoms with E-state index in [1.165, 1.54) is 29.8 Å². The maximum atomic E-state index is 13.9. The van der Waals surface area contributed by atoms with Gasteiger partial charge < -0.3 is 14.4 Å². The Hall–Kier alpha value is -2.59. The van der Waals surface area contributed by atoms with Crippen molar-refractivity contribution >= 4 is 50.7 Å². The van der Waals surface area contributed by atoms with Gasteiger partial charge >= 0.3 is 5.97 Å². The molecule has 0 radical (unpaired) electrons. The maximum absolute atomic E-state index is 13.9. The van der Waals surface area contributed by atoms with Crippen molar-refractivity contribution in [3.05, 3.63) is 62.3 Å². The lowest BCUT2D eigenvalue weighted by Crippen LogP contribution is -2.00. The summed E-state index contributed by atoms with van der Waals surface area (Å²) in [4.78, 5) is 19.8. The molecule has 0 unspecified atom stereocenters. The maximum Gasteiger partial charge on any atom is 0.340 e. The molecule has 1 N–H and O–H groups in total. The largest absolute Gasteiger partial charge is 0.478 e. The monoisotopic (exact) mass is 535 g/mol. The van der Waals surface area contributed by atoms with E-state index >= 15 is 0 Å². The summed E-state index contributed by atoms with van der Waals surface area (Å²) in [5.74, 6) is -0.875. The number of benzene rings is 1. The molecule has 0 bridgehead atoms. The zero-order chi connectivity index (χ0) is 24.5. The van der Waals surface area contributed by atoms with Crippen molar-refractivity contribution < 1.29 is 23.6 Å². The van der Waals surface area contributed by atoms with Gasteiger partial charge in [-0.05, 0) is 44.2 Å². The van der Waals surface area contributed by atoms with Crippen LogP contribution in [0.25, 0.3) is 21.5 Å². The van der Waals surface area contributed by atoms with Crippen molar-refractivity contribution in [3.8, 4) is 11.3 Å². The summed E-state index contributed by atoms with van der Waals surface area (Å²) in [7, 11) is 0. The van der Waals surface area contributed by atoms with Crippen LogP contribution < -0.4 is 0 Å². The highest BCUT2D eigenvalue weighted by molar-refractivity contribution is 7.19. The first-order valence-corrected chi connectivity index (χ1v) is 12.7. The Labute approximate surface area is 213 Å². The van der Waals surface area contributed by atoms with Crippen LogP contribution >= 0.6 is 34.5 Å². The first-order chi connectivity index (χ1) is 16.9. The van der Waals surface area contributed by atoms with Crippen LogP contribution in [0.15, 0.2) is 29.0 Å². The number of aromatic nitrogens is 3. The minimum Gasteiger partial charge on any atom is -0.478 e. The van der Waals surface area contributed by atoms with Crippen LogP contribution in [-0.4, -0.2) is 32.8 Å². The molecule has 0 atom stereocenters. The van der Waals surface area contributed by atoms with Crippen LogP contribution in [0.3, 0.4) is 0 Å². The molecule has 4 aromatic rings. The van der Waals surface area contributed by atoms with Crippen LogP contribution in [0, 0.1) is 5.82 Å². The number of carboxylic acids is 1. The summed E-state index contributed by atoms with van der Waals surface area (Å²) in [6.07, 6.45) is 7.36. The predicted molar refractivity (Wildman–Crippen MR) is 131 cm³/mol. The van der Waals surface area contributed by atoms with Crippen LogP contribution in [-0.2, 0) is 17.8 Å². The summed E-state index contributed by atoms with van der Waals surface area (Å²) in [5, 5.41) is 15.1. The molecule has 182 valence electrons. The van der Waals surface area contributed by atoms with Gasteiger partial charge in [-0.1, -0.05) is 28.4 Å². The number of thiazole rings is 1. The summed E-state index contributed by atoms with van der Waals surface area (Å²) < 4.78 is 25.9. The fraction of sp³-hybridized carbons (Fsp3) is 0.333. The van der Waals surface area contributed by atoms with Crippen molar-refractivity contribution in [1.82, 2.24) is 15.1 Å². The van der Waals surface area contributed by atoms with Gasteiger partial charge in [-0.25, -0.2) is 14.2 Å². The lowest BCUT2D eigenvalue weighted by atomic mass is 10.1. The summed E-state index contributed by atoms with van der Waals surface area (Å²) in [6.45, 7) is 0.828. The molecule has 0 spiro atoms. The molecular weight excluding hydrogens is 516 g/mol. The average molecular weight is 536 g/mol. The molecule has 1 aromatic carbocycles. The van der Waals surface area contributed by atoms with Crippen LogP contribution in [0.2, 0.25) is 10.0 Å². The second kappa shape index (κ2) is 10.2. The number of aromatic carboxylic acids is 1. The van der Waals surface area contributed by atoms with Gasteiger partial charge in [0.05, 0.1) is 31.9 Å². The standard InChI is InChI=1S/C24H20Cl2FN3O4S/c25-14-9-28-10-15(26)19(14)21-13(22(34-30-21)12-4-5-12)11-33-8-2-1-3-18-29-17-7-6-16(27)20(24(31)32)23(17)35-18/h6-7,9-10,12H,1-5,8,11H2,(H,31,32). The third kappa shape index (κ3) is 5.04. The van der Waals surface area contributed by atoms with Gasteiger partial charge in [0.15, 0.2) is 0 Å². The van der Waals surface area contributed by atoms with E-state index in [-0.39, 0.29) is 5.56 Å². The highest BCUT2D eigenvalue weighted by Gasteiger charge is 2.33. The van der Waals surface area contributed by atoms with Crippen molar-refractivity contribution in [2.24, 2.45) is 0 Å². The minimum absolute atomic E-state index is 0.319. The molecule has 0 saturated heterocycles. The van der Waals surface area contributed by atoms with Gasteiger partial charge in [0.1, 0.15) is 22.8 Å². The molecule has 3 aromatic heterocycles. The number of unbranched alkanes of at least 4 members (excludes halogenated alkanes) is 1. The third-order valence-electron chi connectivity index (χ3n) is 5.80. The van der Waals surface area contributed by atoms with E-state index < -0.39 is 11.8 Å². The van der Waals surface area contributed by atoms with Gasteiger partial charge in [-0.15, -0.1) is 11.3 Å².